The van der Waals surface area contributed by atoms with Gasteiger partial charge in [0.05, 0.1) is 5.56 Å². The summed E-state index contributed by atoms with van der Waals surface area (Å²) in [7, 11) is 0. The number of anilines is 1. The third kappa shape index (κ3) is 5.29. The number of carbonyl (C=O) groups excluding carboxylic acids is 2. The van der Waals surface area contributed by atoms with Crippen molar-refractivity contribution in [3.8, 4) is 0 Å². The molecule has 0 unspecified atom stereocenters. The molecule has 2 amide bonds. The van der Waals surface area contributed by atoms with Crippen LogP contribution in [0.3, 0.4) is 0 Å². The molecular formula is C18H19F3N4O2S. The molecule has 3 rings (SSSR count). The Kier molecular flexibility index (Phi) is 6.30. The highest BCUT2D eigenvalue weighted by Crippen LogP contribution is 2.29. The van der Waals surface area contributed by atoms with Gasteiger partial charge in [-0.1, -0.05) is 6.07 Å². The standard InChI is InChI=1S/C18H19F3N4O2S/c19-18(20,21)13-5-3-4-12(10-13)15(26)24-17-23-14(11-28-17)16(27)22-6-9-25-7-1-2-8-25/h3-5,10-11H,1-2,6-9H2,(H,22,27)(H,23,24,26). The molecule has 0 spiro atoms. The highest BCUT2D eigenvalue weighted by atomic mass is 32.1. The van der Waals surface area contributed by atoms with E-state index in [0.29, 0.717) is 6.54 Å². The van der Waals surface area contributed by atoms with Gasteiger partial charge < -0.3 is 10.2 Å². The second-order valence-electron chi connectivity index (χ2n) is 6.38. The van der Waals surface area contributed by atoms with E-state index in [9.17, 15) is 22.8 Å². The zero-order valence-corrected chi connectivity index (χ0v) is 15.7. The molecule has 0 bridgehead atoms. The van der Waals surface area contributed by atoms with Crippen LogP contribution in [0.15, 0.2) is 29.6 Å². The van der Waals surface area contributed by atoms with Gasteiger partial charge in [0, 0.05) is 24.0 Å². The average molecular weight is 412 g/mol. The number of hydrogen-bond acceptors (Lipinski definition) is 5. The maximum Gasteiger partial charge on any atom is 0.416 e. The Hall–Kier alpha value is -2.46. The van der Waals surface area contributed by atoms with Crippen LogP contribution in [0, 0.1) is 0 Å². The van der Waals surface area contributed by atoms with Crippen LogP contribution in [0.5, 0.6) is 0 Å². The van der Waals surface area contributed by atoms with Crippen LogP contribution in [0.4, 0.5) is 18.3 Å². The van der Waals surface area contributed by atoms with E-state index in [0.717, 1.165) is 43.1 Å². The molecule has 1 aliphatic heterocycles. The van der Waals surface area contributed by atoms with E-state index in [2.05, 4.69) is 20.5 Å². The van der Waals surface area contributed by atoms with Crippen molar-refractivity contribution in [2.45, 2.75) is 19.0 Å². The molecule has 0 saturated carbocycles. The van der Waals surface area contributed by atoms with Gasteiger partial charge in [0.1, 0.15) is 5.69 Å². The summed E-state index contributed by atoms with van der Waals surface area (Å²) in [6.45, 7) is 3.36. The first kappa shape index (κ1) is 20.3. The van der Waals surface area contributed by atoms with Crippen molar-refractivity contribution < 1.29 is 22.8 Å². The monoisotopic (exact) mass is 412 g/mol. The molecule has 2 aromatic rings. The minimum absolute atomic E-state index is 0.137. The summed E-state index contributed by atoms with van der Waals surface area (Å²) in [6, 6.07) is 4.11. The summed E-state index contributed by atoms with van der Waals surface area (Å²) in [5, 5.41) is 6.84. The number of rotatable bonds is 6. The van der Waals surface area contributed by atoms with Crippen molar-refractivity contribution in [3.05, 3.63) is 46.5 Å². The summed E-state index contributed by atoms with van der Waals surface area (Å²) in [5.41, 5.74) is -0.884. The summed E-state index contributed by atoms with van der Waals surface area (Å²) in [4.78, 5) is 30.6. The first-order chi connectivity index (χ1) is 13.3. The zero-order chi connectivity index (χ0) is 20.1. The molecule has 1 aromatic heterocycles. The first-order valence-electron chi connectivity index (χ1n) is 8.77. The molecule has 150 valence electrons. The Morgan fingerprint density at radius 3 is 2.64 bits per heavy atom. The van der Waals surface area contributed by atoms with Crippen molar-refractivity contribution in [3.63, 3.8) is 0 Å². The molecule has 6 nitrogen and oxygen atoms in total. The number of aromatic nitrogens is 1. The van der Waals surface area contributed by atoms with Crippen LogP contribution in [0.2, 0.25) is 0 Å². The van der Waals surface area contributed by atoms with E-state index in [1.54, 1.807) is 0 Å². The Bertz CT molecular complexity index is 847. The number of likely N-dealkylation sites (tertiary alicyclic amines) is 1. The summed E-state index contributed by atoms with van der Waals surface area (Å²) in [6.07, 6.45) is -2.18. The minimum atomic E-state index is -4.53. The number of benzene rings is 1. The van der Waals surface area contributed by atoms with Crippen molar-refractivity contribution in [1.82, 2.24) is 15.2 Å². The fourth-order valence-corrected chi connectivity index (χ4v) is 3.55. The largest absolute Gasteiger partial charge is 0.416 e. The molecule has 1 fully saturated rings. The number of amides is 2. The molecule has 28 heavy (non-hydrogen) atoms. The van der Waals surface area contributed by atoms with Gasteiger partial charge in [0.2, 0.25) is 0 Å². The highest BCUT2D eigenvalue weighted by Gasteiger charge is 2.31. The van der Waals surface area contributed by atoms with E-state index in [1.165, 1.54) is 30.4 Å². The first-order valence-corrected chi connectivity index (χ1v) is 9.65. The Morgan fingerprint density at radius 1 is 1.18 bits per heavy atom. The van der Waals surface area contributed by atoms with Crippen molar-refractivity contribution in [2.75, 3.05) is 31.5 Å². The van der Waals surface area contributed by atoms with E-state index in [-0.39, 0.29) is 22.3 Å². The highest BCUT2D eigenvalue weighted by molar-refractivity contribution is 7.14. The Labute approximate surface area is 163 Å². The van der Waals surface area contributed by atoms with Gasteiger partial charge in [0.15, 0.2) is 5.13 Å². The molecular weight excluding hydrogens is 393 g/mol. The topological polar surface area (TPSA) is 74.3 Å². The van der Waals surface area contributed by atoms with E-state index in [4.69, 9.17) is 0 Å². The fourth-order valence-electron chi connectivity index (χ4n) is 2.87. The number of thiazole rings is 1. The van der Waals surface area contributed by atoms with Gasteiger partial charge in [-0.3, -0.25) is 14.9 Å². The summed E-state index contributed by atoms with van der Waals surface area (Å²) < 4.78 is 38.3. The third-order valence-corrected chi connectivity index (χ3v) is 5.08. The molecule has 1 aliphatic rings. The van der Waals surface area contributed by atoms with Crippen LogP contribution < -0.4 is 10.6 Å². The molecule has 1 saturated heterocycles. The Balaban J connectivity index is 1.55. The van der Waals surface area contributed by atoms with Gasteiger partial charge in [-0.05, 0) is 44.1 Å². The van der Waals surface area contributed by atoms with Gasteiger partial charge in [-0.25, -0.2) is 4.98 Å². The van der Waals surface area contributed by atoms with E-state index in [1.807, 2.05) is 0 Å². The van der Waals surface area contributed by atoms with Crippen LogP contribution in [-0.2, 0) is 6.18 Å². The number of nitrogens with zero attached hydrogens (tertiary/aromatic N) is 2. The van der Waals surface area contributed by atoms with Gasteiger partial charge in [0.25, 0.3) is 11.8 Å². The summed E-state index contributed by atoms with van der Waals surface area (Å²) in [5.74, 6) is -1.07. The molecule has 0 atom stereocenters. The lowest BCUT2D eigenvalue weighted by Crippen LogP contribution is -2.33. The van der Waals surface area contributed by atoms with Gasteiger partial charge >= 0.3 is 6.18 Å². The normalized spacial score (nSPS) is 14.8. The number of hydrogen-bond donors (Lipinski definition) is 2. The molecule has 2 heterocycles. The van der Waals surface area contributed by atoms with E-state index < -0.39 is 17.6 Å². The van der Waals surface area contributed by atoms with Gasteiger partial charge in [-0.15, -0.1) is 11.3 Å². The van der Waals surface area contributed by atoms with E-state index >= 15 is 0 Å². The predicted molar refractivity (Wildman–Crippen MR) is 99.5 cm³/mol. The van der Waals surface area contributed by atoms with Crippen LogP contribution >= 0.6 is 11.3 Å². The van der Waals surface area contributed by atoms with Crippen LogP contribution in [0.1, 0.15) is 39.3 Å². The van der Waals surface area contributed by atoms with Crippen LogP contribution in [-0.4, -0.2) is 47.9 Å². The van der Waals surface area contributed by atoms with Gasteiger partial charge in [-0.2, -0.15) is 13.2 Å². The zero-order valence-electron chi connectivity index (χ0n) is 14.9. The molecule has 1 aromatic carbocycles. The SMILES string of the molecule is O=C(Nc1nc(C(=O)NCCN2CCCC2)cs1)c1cccc(C(F)(F)F)c1. The van der Waals surface area contributed by atoms with Crippen molar-refractivity contribution in [2.24, 2.45) is 0 Å². The number of halogens is 3. The predicted octanol–water partition coefficient (Wildman–Crippen LogP) is 3.24. The number of alkyl halides is 3. The second kappa shape index (κ2) is 8.70. The Morgan fingerprint density at radius 2 is 1.93 bits per heavy atom. The molecule has 0 radical (unpaired) electrons. The lowest BCUT2D eigenvalue weighted by atomic mass is 10.1. The maximum atomic E-state index is 12.8. The lowest BCUT2D eigenvalue weighted by Gasteiger charge is -2.14. The van der Waals surface area contributed by atoms with Crippen LogP contribution in [0.25, 0.3) is 0 Å². The molecule has 0 aliphatic carbocycles. The van der Waals surface area contributed by atoms with Crippen molar-refractivity contribution in [1.29, 1.82) is 0 Å². The average Bonchev–Trinajstić information content (AvgIpc) is 3.33. The third-order valence-electron chi connectivity index (χ3n) is 4.32. The quantitative estimate of drug-likeness (QED) is 0.764. The molecule has 10 heteroatoms. The van der Waals surface area contributed by atoms with Crippen molar-refractivity contribution >= 4 is 28.3 Å². The number of carbonyl (C=O) groups is 2. The lowest BCUT2D eigenvalue weighted by molar-refractivity contribution is -0.137. The minimum Gasteiger partial charge on any atom is -0.349 e. The fraction of sp³-hybridized carbons (Fsp3) is 0.389. The second-order valence-corrected chi connectivity index (χ2v) is 7.23. The smallest absolute Gasteiger partial charge is 0.349 e. The summed E-state index contributed by atoms with van der Waals surface area (Å²) >= 11 is 1.03. The number of nitrogens with one attached hydrogen (secondary N) is 2. The maximum absolute atomic E-state index is 12.8. The molecule has 2 N–H and O–H groups in total.